The highest BCUT2D eigenvalue weighted by atomic mass is 32.2. The number of nitrogens with one attached hydrogen (secondary N) is 1. The van der Waals surface area contributed by atoms with Crippen LogP contribution in [0.4, 0.5) is 4.79 Å². The summed E-state index contributed by atoms with van der Waals surface area (Å²) >= 11 is 0.893. The molecule has 1 aliphatic heterocycles. The van der Waals surface area contributed by atoms with Crippen molar-refractivity contribution in [2.75, 3.05) is 6.54 Å². The van der Waals surface area contributed by atoms with E-state index >= 15 is 0 Å². The van der Waals surface area contributed by atoms with E-state index in [1.54, 1.807) is 31.2 Å². The molecule has 6 nitrogen and oxygen atoms in total. The van der Waals surface area contributed by atoms with E-state index in [1.165, 1.54) is 0 Å². The lowest BCUT2D eigenvalue weighted by Crippen LogP contribution is -2.34. The number of thioether (sulfide) groups is 1. The number of para-hydroxylation sites is 1. The van der Waals surface area contributed by atoms with Crippen molar-refractivity contribution in [2.45, 2.75) is 37.5 Å². The largest absolute Gasteiger partial charge is 0.418 e. The Morgan fingerprint density at radius 1 is 1.30 bits per heavy atom. The first-order valence-electron chi connectivity index (χ1n) is 7.46. The number of rotatable bonds is 5. The lowest BCUT2D eigenvalue weighted by molar-refractivity contribution is -0.160. The van der Waals surface area contributed by atoms with Crippen LogP contribution in [-0.2, 0) is 14.3 Å². The molecular formula is C16H19NO5S. The second kappa shape index (κ2) is 8.69. The standard InChI is InChI=1S/C16H19NO5S/c1-11(23-16(20)21-12-6-3-2-4-7-12)10-14(18)22-15(19)13-8-5-9-17-13/h2-4,6-7,11,13,17H,5,8-10H2,1H3/t11?,13-/m0/s1. The van der Waals surface area contributed by atoms with Gasteiger partial charge >= 0.3 is 17.2 Å². The first-order valence-corrected chi connectivity index (χ1v) is 8.34. The van der Waals surface area contributed by atoms with Crippen molar-refractivity contribution < 1.29 is 23.9 Å². The van der Waals surface area contributed by atoms with Gasteiger partial charge in [0.2, 0.25) is 0 Å². The molecule has 7 heteroatoms. The zero-order chi connectivity index (χ0) is 16.7. The molecule has 1 fully saturated rings. The maximum atomic E-state index is 11.7. The van der Waals surface area contributed by atoms with E-state index in [0.717, 1.165) is 24.7 Å². The minimum atomic E-state index is -0.629. The van der Waals surface area contributed by atoms with E-state index in [9.17, 15) is 14.4 Å². The molecule has 23 heavy (non-hydrogen) atoms. The van der Waals surface area contributed by atoms with E-state index in [0.29, 0.717) is 12.2 Å². The van der Waals surface area contributed by atoms with Gasteiger partial charge in [0, 0.05) is 5.25 Å². The van der Waals surface area contributed by atoms with Crippen molar-refractivity contribution in [1.82, 2.24) is 5.32 Å². The van der Waals surface area contributed by atoms with Crippen LogP contribution in [0.5, 0.6) is 5.75 Å². The lowest BCUT2D eigenvalue weighted by atomic mass is 10.2. The van der Waals surface area contributed by atoms with E-state index < -0.39 is 23.3 Å². The fourth-order valence-electron chi connectivity index (χ4n) is 2.16. The summed E-state index contributed by atoms with van der Waals surface area (Å²) in [7, 11) is 0. The summed E-state index contributed by atoms with van der Waals surface area (Å²) < 4.78 is 9.92. The van der Waals surface area contributed by atoms with Crippen LogP contribution in [0.15, 0.2) is 30.3 Å². The molecule has 2 atom stereocenters. The third-order valence-corrected chi connectivity index (χ3v) is 4.10. The van der Waals surface area contributed by atoms with Gasteiger partial charge in [-0.1, -0.05) is 25.1 Å². The number of carbonyl (C=O) groups excluding carboxylic acids is 3. The van der Waals surface area contributed by atoms with Gasteiger partial charge in [0.1, 0.15) is 11.8 Å². The molecule has 0 aromatic heterocycles. The molecule has 1 saturated heterocycles. The average molecular weight is 337 g/mol. The summed E-state index contributed by atoms with van der Waals surface area (Å²) in [6.07, 6.45) is 1.54. The predicted molar refractivity (Wildman–Crippen MR) is 86.3 cm³/mol. The van der Waals surface area contributed by atoms with Gasteiger partial charge < -0.3 is 14.8 Å². The summed E-state index contributed by atoms with van der Waals surface area (Å²) in [5.74, 6) is -0.727. The molecule has 1 heterocycles. The molecule has 0 spiro atoms. The fourth-order valence-corrected chi connectivity index (χ4v) is 2.85. The second-order valence-corrected chi connectivity index (χ2v) is 6.61. The fraction of sp³-hybridized carbons (Fsp3) is 0.438. The molecule has 0 radical (unpaired) electrons. The molecule has 0 bridgehead atoms. The van der Waals surface area contributed by atoms with E-state index in [4.69, 9.17) is 9.47 Å². The molecule has 1 unspecified atom stereocenters. The van der Waals surface area contributed by atoms with Crippen molar-refractivity contribution in [3.8, 4) is 5.75 Å². The summed E-state index contributed by atoms with van der Waals surface area (Å²) in [5.41, 5.74) is 0. The zero-order valence-corrected chi connectivity index (χ0v) is 13.6. The number of ether oxygens (including phenoxy) is 2. The van der Waals surface area contributed by atoms with E-state index in [2.05, 4.69) is 5.32 Å². The third-order valence-electron chi connectivity index (χ3n) is 3.26. The van der Waals surface area contributed by atoms with Crippen LogP contribution in [0.25, 0.3) is 0 Å². The second-order valence-electron chi connectivity index (χ2n) is 5.24. The van der Waals surface area contributed by atoms with Crippen LogP contribution >= 0.6 is 11.8 Å². The van der Waals surface area contributed by atoms with Gasteiger partial charge in [-0.15, -0.1) is 0 Å². The SMILES string of the molecule is CC(CC(=O)OC(=O)[C@@H]1CCCN1)SC(=O)Oc1ccccc1. The van der Waals surface area contributed by atoms with Crippen LogP contribution in [-0.4, -0.2) is 35.1 Å². The number of hydrogen-bond acceptors (Lipinski definition) is 7. The van der Waals surface area contributed by atoms with Crippen molar-refractivity contribution >= 4 is 29.0 Å². The minimum Gasteiger partial charge on any atom is -0.418 e. The molecule has 2 rings (SSSR count). The molecule has 1 N–H and O–H groups in total. The quantitative estimate of drug-likeness (QED) is 0.653. The highest BCUT2D eigenvalue weighted by molar-refractivity contribution is 8.13. The topological polar surface area (TPSA) is 81.7 Å². The van der Waals surface area contributed by atoms with Gasteiger partial charge in [0.25, 0.3) is 0 Å². The molecule has 124 valence electrons. The van der Waals surface area contributed by atoms with Gasteiger partial charge in [0.15, 0.2) is 0 Å². The third kappa shape index (κ3) is 6.03. The Hall–Kier alpha value is -1.86. The Bertz CT molecular complexity index is 557. The normalized spacial score (nSPS) is 18.2. The maximum absolute atomic E-state index is 11.7. The van der Waals surface area contributed by atoms with Crippen molar-refractivity contribution in [3.05, 3.63) is 30.3 Å². The van der Waals surface area contributed by atoms with Gasteiger partial charge in [-0.2, -0.15) is 0 Å². The number of hydrogen-bond donors (Lipinski definition) is 1. The molecule has 1 aliphatic rings. The van der Waals surface area contributed by atoms with Crippen LogP contribution in [0.1, 0.15) is 26.2 Å². The molecule has 0 aliphatic carbocycles. The van der Waals surface area contributed by atoms with Crippen molar-refractivity contribution in [2.24, 2.45) is 0 Å². The molecule has 1 aromatic rings. The highest BCUT2D eigenvalue weighted by Gasteiger charge is 2.26. The van der Waals surface area contributed by atoms with Crippen LogP contribution in [0, 0.1) is 0 Å². The zero-order valence-electron chi connectivity index (χ0n) is 12.8. The van der Waals surface area contributed by atoms with E-state index in [-0.39, 0.29) is 11.7 Å². The van der Waals surface area contributed by atoms with Gasteiger partial charge in [-0.25, -0.2) is 9.59 Å². The lowest BCUT2D eigenvalue weighted by Gasteiger charge is -2.11. The van der Waals surface area contributed by atoms with Gasteiger partial charge in [0.05, 0.1) is 6.42 Å². The Morgan fingerprint density at radius 3 is 2.70 bits per heavy atom. The summed E-state index contributed by atoms with van der Waals surface area (Å²) in [6, 6.07) is 8.28. The Morgan fingerprint density at radius 2 is 2.04 bits per heavy atom. The Kier molecular flexibility index (Phi) is 6.61. The molecule has 1 aromatic carbocycles. The highest BCUT2D eigenvalue weighted by Crippen LogP contribution is 2.20. The average Bonchev–Trinajstić information content (AvgIpc) is 3.01. The summed E-state index contributed by atoms with van der Waals surface area (Å²) in [5, 5.41) is 2.12. The van der Waals surface area contributed by atoms with Crippen molar-refractivity contribution in [1.29, 1.82) is 0 Å². The first-order chi connectivity index (χ1) is 11.0. The molecule has 0 saturated carbocycles. The smallest absolute Gasteiger partial charge is 0.372 e. The van der Waals surface area contributed by atoms with Crippen molar-refractivity contribution in [3.63, 3.8) is 0 Å². The Balaban J connectivity index is 1.70. The molecular weight excluding hydrogens is 318 g/mol. The molecule has 0 amide bonds. The van der Waals surface area contributed by atoms with Crippen LogP contribution < -0.4 is 10.1 Å². The minimum absolute atomic E-state index is 0.0347. The predicted octanol–water partition coefficient (Wildman–Crippen LogP) is 2.52. The first kappa shape index (κ1) is 17.5. The Labute approximate surface area is 138 Å². The summed E-state index contributed by atoms with van der Waals surface area (Å²) in [6.45, 7) is 2.46. The maximum Gasteiger partial charge on any atom is 0.372 e. The number of esters is 2. The number of carbonyl (C=O) groups is 3. The van der Waals surface area contributed by atoms with Crippen LogP contribution in [0.2, 0.25) is 0 Å². The van der Waals surface area contributed by atoms with E-state index in [1.807, 2.05) is 6.07 Å². The van der Waals surface area contributed by atoms with Crippen LogP contribution in [0.3, 0.4) is 0 Å². The van der Waals surface area contributed by atoms with Gasteiger partial charge in [-0.05, 0) is 43.3 Å². The monoisotopic (exact) mass is 337 g/mol. The van der Waals surface area contributed by atoms with Gasteiger partial charge in [-0.3, -0.25) is 4.79 Å². The summed E-state index contributed by atoms with van der Waals surface area (Å²) in [4.78, 5) is 35.2. The number of benzene rings is 1.